The second-order valence-corrected chi connectivity index (χ2v) is 6.93. The van der Waals surface area contributed by atoms with E-state index in [1.54, 1.807) is 19.1 Å². The molecule has 0 saturated carbocycles. The minimum absolute atomic E-state index is 0.158. The van der Waals surface area contributed by atoms with Gasteiger partial charge in [-0.15, -0.1) is 0 Å². The summed E-state index contributed by atoms with van der Waals surface area (Å²) in [5.74, 6) is 0.297. The highest BCUT2D eigenvalue weighted by atomic mass is 31.2. The maximum atomic E-state index is 10.8. The van der Waals surface area contributed by atoms with Crippen molar-refractivity contribution < 1.29 is 28.7 Å². The summed E-state index contributed by atoms with van der Waals surface area (Å²) < 4.78 is 22.5. The van der Waals surface area contributed by atoms with Gasteiger partial charge in [-0.3, -0.25) is 4.52 Å². The van der Waals surface area contributed by atoms with Crippen LogP contribution in [0.1, 0.15) is 25.1 Å². The molecule has 2 unspecified atom stereocenters. The Morgan fingerprint density at radius 2 is 2.30 bits per heavy atom. The third-order valence-corrected chi connectivity index (χ3v) is 4.23. The van der Waals surface area contributed by atoms with E-state index in [0.717, 1.165) is 0 Å². The summed E-state index contributed by atoms with van der Waals surface area (Å²) in [6.07, 6.45) is 0.0482. The number of aromatic nitrogens is 3. The minimum atomic E-state index is -4.59. The Balaban J connectivity index is 1.86. The molecule has 1 fully saturated rings. The first-order valence-electron chi connectivity index (χ1n) is 6.83. The molecule has 0 radical (unpaired) electrons. The average Bonchev–Trinajstić information content (AvgIpc) is 2.97. The van der Waals surface area contributed by atoms with Gasteiger partial charge in [0.1, 0.15) is 17.9 Å². The zero-order valence-electron chi connectivity index (χ0n) is 12.2. The highest BCUT2D eigenvalue weighted by Crippen LogP contribution is 2.44. The van der Waals surface area contributed by atoms with Crippen molar-refractivity contribution in [1.82, 2.24) is 14.6 Å². The normalized spacial score (nSPS) is 28.5. The number of phosphoric ester groups is 1. The van der Waals surface area contributed by atoms with Crippen molar-refractivity contribution in [2.45, 2.75) is 31.2 Å². The van der Waals surface area contributed by atoms with Gasteiger partial charge in [-0.1, -0.05) is 0 Å². The van der Waals surface area contributed by atoms with Crippen LogP contribution < -0.4 is 5.73 Å². The molecule has 5 N–H and O–H groups in total. The van der Waals surface area contributed by atoms with E-state index in [2.05, 4.69) is 14.6 Å². The first-order valence-corrected chi connectivity index (χ1v) is 8.36. The number of ether oxygens (including phenoxy) is 1. The molecule has 126 valence electrons. The lowest BCUT2D eigenvalue weighted by Gasteiger charge is -2.23. The summed E-state index contributed by atoms with van der Waals surface area (Å²) in [6, 6.07) is 3.43. The summed E-state index contributed by atoms with van der Waals surface area (Å²) in [5.41, 5.74) is 5.67. The maximum Gasteiger partial charge on any atom is 0.469 e. The van der Waals surface area contributed by atoms with E-state index in [9.17, 15) is 9.67 Å². The van der Waals surface area contributed by atoms with Gasteiger partial charge in [0.05, 0.1) is 24.0 Å². The fourth-order valence-electron chi connectivity index (χ4n) is 2.79. The highest BCUT2D eigenvalue weighted by molar-refractivity contribution is 7.46. The van der Waals surface area contributed by atoms with Crippen LogP contribution in [0, 0.1) is 0 Å². The Morgan fingerprint density at radius 3 is 3.00 bits per heavy atom. The monoisotopic (exact) mass is 344 g/mol. The van der Waals surface area contributed by atoms with E-state index in [1.807, 2.05) is 0 Å². The van der Waals surface area contributed by atoms with E-state index in [1.165, 1.54) is 10.8 Å². The SMILES string of the molecule is C[C@@]1(O)CC(COP(=O)(O)O)OC1c1ccc2c(N)ncnn12. The van der Waals surface area contributed by atoms with Crippen LogP contribution in [-0.4, -0.2) is 47.8 Å². The summed E-state index contributed by atoms with van der Waals surface area (Å²) in [7, 11) is -4.59. The number of hydrogen-bond donors (Lipinski definition) is 4. The maximum absolute atomic E-state index is 10.8. The van der Waals surface area contributed by atoms with Gasteiger partial charge in [0, 0.05) is 6.42 Å². The van der Waals surface area contributed by atoms with Gasteiger partial charge in [-0.05, 0) is 19.1 Å². The van der Waals surface area contributed by atoms with Crippen LogP contribution in [0.2, 0.25) is 0 Å². The van der Waals surface area contributed by atoms with Crippen molar-refractivity contribution in [3.63, 3.8) is 0 Å². The van der Waals surface area contributed by atoms with Crippen LogP contribution >= 0.6 is 7.82 Å². The van der Waals surface area contributed by atoms with Crippen molar-refractivity contribution in [2.24, 2.45) is 0 Å². The van der Waals surface area contributed by atoms with Crippen molar-refractivity contribution in [3.8, 4) is 0 Å². The third kappa shape index (κ3) is 3.23. The summed E-state index contributed by atoms with van der Waals surface area (Å²) in [4.78, 5) is 21.4. The predicted octanol–water partition coefficient (Wildman–Crippen LogP) is 0.00180. The molecule has 3 rings (SSSR count). The number of nitrogen functional groups attached to an aromatic ring is 1. The number of anilines is 1. The zero-order valence-corrected chi connectivity index (χ0v) is 13.1. The number of aliphatic hydroxyl groups is 1. The quantitative estimate of drug-likeness (QED) is 0.561. The molecule has 0 aromatic carbocycles. The van der Waals surface area contributed by atoms with Gasteiger partial charge >= 0.3 is 7.82 Å². The van der Waals surface area contributed by atoms with Gasteiger partial charge < -0.3 is 25.4 Å². The standard InChI is InChI=1S/C12H17N4O6P/c1-12(17)4-7(5-21-23(18,19)20)22-10(12)8-2-3-9-11(13)14-6-15-16(8)9/h2-3,6-7,10,17H,4-5H2,1H3,(H2,13,14,15)(H2,18,19,20)/t7?,10?,12-/m1/s1. The first-order chi connectivity index (χ1) is 10.7. The molecule has 2 aromatic rings. The second kappa shape index (κ2) is 5.52. The smallest absolute Gasteiger partial charge is 0.387 e. The Morgan fingerprint density at radius 1 is 1.57 bits per heavy atom. The van der Waals surface area contributed by atoms with Crippen molar-refractivity contribution in [2.75, 3.05) is 12.3 Å². The molecule has 0 spiro atoms. The van der Waals surface area contributed by atoms with Gasteiger partial charge in [-0.2, -0.15) is 5.10 Å². The molecule has 0 amide bonds. The summed E-state index contributed by atoms with van der Waals surface area (Å²) >= 11 is 0. The van der Waals surface area contributed by atoms with Crippen LogP contribution in [0.4, 0.5) is 5.82 Å². The lowest BCUT2D eigenvalue weighted by atomic mass is 9.94. The molecule has 0 bridgehead atoms. The number of hydrogen-bond acceptors (Lipinski definition) is 7. The van der Waals surface area contributed by atoms with Gasteiger partial charge in [0.2, 0.25) is 0 Å². The Labute approximate surface area is 131 Å². The Bertz CT molecular complexity index is 772. The van der Waals surface area contributed by atoms with Crippen molar-refractivity contribution in [3.05, 3.63) is 24.2 Å². The second-order valence-electron chi connectivity index (χ2n) is 5.69. The van der Waals surface area contributed by atoms with Gasteiger partial charge in [0.25, 0.3) is 0 Å². The average molecular weight is 344 g/mol. The number of rotatable bonds is 4. The minimum Gasteiger partial charge on any atom is -0.387 e. The van der Waals surface area contributed by atoms with Crippen LogP contribution in [0.3, 0.4) is 0 Å². The fourth-order valence-corrected chi connectivity index (χ4v) is 3.15. The van der Waals surface area contributed by atoms with E-state index < -0.39 is 25.6 Å². The van der Waals surface area contributed by atoms with E-state index in [-0.39, 0.29) is 13.0 Å². The van der Waals surface area contributed by atoms with Crippen molar-refractivity contribution >= 4 is 19.2 Å². The van der Waals surface area contributed by atoms with E-state index in [4.69, 9.17) is 20.3 Å². The molecule has 10 nitrogen and oxygen atoms in total. The molecule has 23 heavy (non-hydrogen) atoms. The zero-order chi connectivity index (χ0) is 16.8. The Kier molecular flexibility index (Phi) is 3.91. The molecule has 3 atom stereocenters. The predicted molar refractivity (Wildman–Crippen MR) is 78.3 cm³/mol. The first kappa shape index (κ1) is 16.3. The molecular formula is C12H17N4O6P. The van der Waals surface area contributed by atoms with Crippen molar-refractivity contribution in [1.29, 1.82) is 0 Å². The Hall–Kier alpha value is -1.55. The molecule has 11 heteroatoms. The number of nitrogens with zero attached hydrogens (tertiary/aromatic N) is 3. The largest absolute Gasteiger partial charge is 0.469 e. The molecule has 2 aromatic heterocycles. The summed E-state index contributed by atoms with van der Waals surface area (Å²) in [6.45, 7) is 1.26. The molecule has 3 heterocycles. The topological polar surface area (TPSA) is 152 Å². The highest BCUT2D eigenvalue weighted by Gasteiger charge is 2.46. The molecule has 1 aliphatic rings. The fraction of sp³-hybridized carbons (Fsp3) is 0.500. The van der Waals surface area contributed by atoms with Gasteiger partial charge in [-0.25, -0.2) is 14.1 Å². The molecule has 1 saturated heterocycles. The van der Waals surface area contributed by atoms with Crippen LogP contribution in [0.25, 0.3) is 5.52 Å². The lowest BCUT2D eigenvalue weighted by molar-refractivity contribution is -0.0491. The molecule has 0 aliphatic carbocycles. The number of nitrogens with two attached hydrogens (primary N) is 1. The lowest BCUT2D eigenvalue weighted by Crippen LogP contribution is -2.29. The van der Waals surface area contributed by atoms with Crippen LogP contribution in [0.15, 0.2) is 18.5 Å². The molecular weight excluding hydrogens is 327 g/mol. The number of phosphoric acid groups is 1. The van der Waals surface area contributed by atoms with E-state index in [0.29, 0.717) is 17.0 Å². The van der Waals surface area contributed by atoms with E-state index >= 15 is 0 Å². The molecule has 1 aliphatic heterocycles. The summed E-state index contributed by atoms with van der Waals surface area (Å²) in [5, 5.41) is 14.7. The van der Waals surface area contributed by atoms with Gasteiger partial charge in [0.15, 0.2) is 5.82 Å². The van der Waals surface area contributed by atoms with Crippen LogP contribution in [0.5, 0.6) is 0 Å². The third-order valence-electron chi connectivity index (χ3n) is 3.74. The van der Waals surface area contributed by atoms with Crippen LogP contribution in [-0.2, 0) is 13.8 Å². The number of fused-ring (bicyclic) bond motifs is 1.